The fourth-order valence-corrected chi connectivity index (χ4v) is 7.76. The van der Waals surface area contributed by atoms with Gasteiger partial charge in [0.2, 0.25) is 0 Å². The van der Waals surface area contributed by atoms with Crippen LogP contribution >= 0.6 is 0 Å². The molecule has 0 heterocycles. The van der Waals surface area contributed by atoms with Gasteiger partial charge >= 0.3 is 17.9 Å². The first kappa shape index (κ1) is 62.8. The molecule has 380 valence electrons. The lowest BCUT2D eigenvalue weighted by Crippen LogP contribution is -2.30. The highest BCUT2D eigenvalue weighted by Gasteiger charge is 2.19. The van der Waals surface area contributed by atoms with E-state index in [1.165, 1.54) is 116 Å². The second-order valence-corrected chi connectivity index (χ2v) is 18.5. The zero-order chi connectivity index (χ0) is 47.9. The van der Waals surface area contributed by atoms with Crippen molar-refractivity contribution in [3.63, 3.8) is 0 Å². The number of esters is 3. The van der Waals surface area contributed by atoms with Gasteiger partial charge < -0.3 is 14.2 Å². The van der Waals surface area contributed by atoms with E-state index in [0.717, 1.165) is 116 Å². The van der Waals surface area contributed by atoms with Crippen LogP contribution < -0.4 is 0 Å². The van der Waals surface area contributed by atoms with Crippen molar-refractivity contribution in [2.24, 2.45) is 0 Å². The van der Waals surface area contributed by atoms with Gasteiger partial charge in [0, 0.05) is 19.3 Å². The van der Waals surface area contributed by atoms with E-state index in [2.05, 4.69) is 93.7 Å². The lowest BCUT2D eigenvalue weighted by atomic mass is 10.0. The number of hydrogen-bond donors (Lipinski definition) is 0. The normalized spacial score (nSPS) is 12.6. The number of allylic oxidation sites excluding steroid dienone is 12. The molecular formula is C60H104O6. The molecule has 6 heteroatoms. The van der Waals surface area contributed by atoms with E-state index in [9.17, 15) is 14.4 Å². The molecule has 1 unspecified atom stereocenters. The first-order valence-electron chi connectivity index (χ1n) is 27.9. The molecule has 0 bridgehead atoms. The van der Waals surface area contributed by atoms with Crippen LogP contribution in [-0.2, 0) is 28.6 Å². The third-order valence-electron chi connectivity index (χ3n) is 11.9. The van der Waals surface area contributed by atoms with E-state index in [1.807, 2.05) is 0 Å². The first-order chi connectivity index (χ1) is 32.5. The maximum Gasteiger partial charge on any atom is 0.306 e. The molecular weight excluding hydrogens is 817 g/mol. The summed E-state index contributed by atoms with van der Waals surface area (Å²) in [4.78, 5) is 37.7. The SMILES string of the molecule is CC/C=C\C/C=C\C/C=C\C/C=C\CCCCCCCCCCCCCCCCC(=O)OCC(COC(=O)CCCCCCC)OC(=O)CCCCCCC/C=C\C/C=C\CCCCCC. The van der Waals surface area contributed by atoms with Gasteiger partial charge in [-0.05, 0) is 89.9 Å². The fourth-order valence-electron chi connectivity index (χ4n) is 7.76. The van der Waals surface area contributed by atoms with Gasteiger partial charge in [-0.15, -0.1) is 0 Å². The molecule has 0 aliphatic rings. The summed E-state index contributed by atoms with van der Waals surface area (Å²) in [6.45, 7) is 6.42. The largest absolute Gasteiger partial charge is 0.462 e. The molecule has 0 aliphatic heterocycles. The standard InChI is InChI=1S/C60H104O6/c1-4-7-10-13-15-17-19-21-23-25-26-27-28-29-30-31-32-33-34-35-37-38-40-42-44-47-50-53-59(62)65-56-57(55-64-58(61)52-49-46-12-9-6-3)66-60(63)54-51-48-45-43-41-39-36-24-22-20-18-16-14-11-8-5-2/h7,10,15,17-18,20-21,23-24,26-27,36,57H,4-6,8-9,11-14,16,19,22,25,28-35,37-56H2,1-3H3/b10-7-,17-15-,20-18-,23-21-,27-26-,36-24-. The Morgan fingerprint density at radius 3 is 0.939 bits per heavy atom. The number of carbonyl (C=O) groups is 3. The highest BCUT2D eigenvalue weighted by atomic mass is 16.6. The molecule has 0 spiro atoms. The van der Waals surface area contributed by atoms with E-state index >= 15 is 0 Å². The molecule has 6 nitrogen and oxygen atoms in total. The minimum Gasteiger partial charge on any atom is -0.462 e. The first-order valence-corrected chi connectivity index (χ1v) is 27.9. The van der Waals surface area contributed by atoms with Crippen LogP contribution in [0.15, 0.2) is 72.9 Å². The maximum absolute atomic E-state index is 12.7. The summed E-state index contributed by atoms with van der Waals surface area (Å²) >= 11 is 0. The van der Waals surface area contributed by atoms with Crippen molar-refractivity contribution in [2.45, 2.75) is 277 Å². The third kappa shape index (κ3) is 51.8. The predicted octanol–water partition coefficient (Wildman–Crippen LogP) is 18.6. The Bertz CT molecular complexity index is 1240. The van der Waals surface area contributed by atoms with Crippen molar-refractivity contribution < 1.29 is 28.6 Å². The van der Waals surface area contributed by atoms with E-state index in [1.54, 1.807) is 0 Å². The Morgan fingerprint density at radius 1 is 0.318 bits per heavy atom. The van der Waals surface area contributed by atoms with Gasteiger partial charge in [-0.1, -0.05) is 235 Å². The molecule has 0 fully saturated rings. The van der Waals surface area contributed by atoms with Gasteiger partial charge in [-0.2, -0.15) is 0 Å². The number of unbranched alkanes of at least 4 members (excludes halogenated alkanes) is 27. The highest BCUT2D eigenvalue weighted by Crippen LogP contribution is 2.15. The summed E-state index contributed by atoms with van der Waals surface area (Å²) in [5.74, 6) is -0.903. The van der Waals surface area contributed by atoms with Crippen LogP contribution in [0, 0.1) is 0 Å². The van der Waals surface area contributed by atoms with E-state index < -0.39 is 6.10 Å². The van der Waals surface area contributed by atoms with Gasteiger partial charge in [-0.25, -0.2) is 0 Å². The third-order valence-corrected chi connectivity index (χ3v) is 11.9. The van der Waals surface area contributed by atoms with Crippen LogP contribution in [0.3, 0.4) is 0 Å². The monoisotopic (exact) mass is 921 g/mol. The summed E-state index contributed by atoms with van der Waals surface area (Å²) in [7, 11) is 0. The Labute approximate surface area is 408 Å². The van der Waals surface area contributed by atoms with Crippen LogP contribution in [0.1, 0.15) is 271 Å². The molecule has 0 saturated heterocycles. The summed E-state index contributed by atoms with van der Waals surface area (Å²) < 4.78 is 16.7. The van der Waals surface area contributed by atoms with Crippen LogP contribution in [0.25, 0.3) is 0 Å². The molecule has 0 amide bonds. The van der Waals surface area contributed by atoms with Crippen LogP contribution in [0.5, 0.6) is 0 Å². The molecule has 0 aromatic rings. The van der Waals surface area contributed by atoms with Gasteiger partial charge in [0.15, 0.2) is 6.10 Å². The maximum atomic E-state index is 12.7. The summed E-state index contributed by atoms with van der Waals surface area (Å²) in [6.07, 6.45) is 69.4. The van der Waals surface area contributed by atoms with E-state index in [4.69, 9.17) is 14.2 Å². The highest BCUT2D eigenvalue weighted by molar-refractivity contribution is 5.71. The second-order valence-electron chi connectivity index (χ2n) is 18.5. The van der Waals surface area contributed by atoms with Crippen molar-refractivity contribution in [3.8, 4) is 0 Å². The zero-order valence-corrected chi connectivity index (χ0v) is 43.4. The average molecular weight is 921 g/mol. The molecule has 0 rings (SSSR count). The van der Waals surface area contributed by atoms with Crippen molar-refractivity contribution >= 4 is 17.9 Å². The number of hydrogen-bond acceptors (Lipinski definition) is 6. The van der Waals surface area contributed by atoms with Crippen molar-refractivity contribution in [1.29, 1.82) is 0 Å². The minimum atomic E-state index is -0.778. The molecule has 0 aromatic heterocycles. The molecule has 0 aliphatic carbocycles. The fraction of sp³-hybridized carbons (Fsp3) is 0.750. The lowest BCUT2D eigenvalue weighted by molar-refractivity contribution is -0.167. The van der Waals surface area contributed by atoms with Crippen LogP contribution in [0.4, 0.5) is 0 Å². The summed E-state index contributed by atoms with van der Waals surface area (Å²) in [5.41, 5.74) is 0. The van der Waals surface area contributed by atoms with Crippen LogP contribution in [0.2, 0.25) is 0 Å². The van der Waals surface area contributed by atoms with Crippen molar-refractivity contribution in [2.75, 3.05) is 13.2 Å². The van der Waals surface area contributed by atoms with Crippen molar-refractivity contribution in [3.05, 3.63) is 72.9 Å². The summed E-state index contributed by atoms with van der Waals surface area (Å²) in [6, 6.07) is 0. The topological polar surface area (TPSA) is 78.9 Å². The lowest BCUT2D eigenvalue weighted by Gasteiger charge is -2.18. The summed E-state index contributed by atoms with van der Waals surface area (Å²) in [5, 5.41) is 0. The Morgan fingerprint density at radius 2 is 0.591 bits per heavy atom. The van der Waals surface area contributed by atoms with Gasteiger partial charge in [0.25, 0.3) is 0 Å². The minimum absolute atomic E-state index is 0.0801. The molecule has 0 aromatic carbocycles. The van der Waals surface area contributed by atoms with Gasteiger partial charge in [0.1, 0.15) is 13.2 Å². The molecule has 0 saturated carbocycles. The Hall–Kier alpha value is -3.15. The molecule has 66 heavy (non-hydrogen) atoms. The zero-order valence-electron chi connectivity index (χ0n) is 43.4. The smallest absolute Gasteiger partial charge is 0.306 e. The molecule has 0 N–H and O–H groups in total. The molecule has 0 radical (unpaired) electrons. The van der Waals surface area contributed by atoms with E-state index in [-0.39, 0.29) is 31.1 Å². The predicted molar refractivity (Wildman–Crippen MR) is 284 cm³/mol. The van der Waals surface area contributed by atoms with Crippen molar-refractivity contribution in [1.82, 2.24) is 0 Å². The molecule has 1 atom stereocenters. The Kier molecular flexibility index (Phi) is 51.9. The number of carbonyl (C=O) groups excluding carboxylic acids is 3. The number of rotatable bonds is 50. The Balaban J connectivity index is 4.06. The quantitative estimate of drug-likeness (QED) is 0.0262. The van der Waals surface area contributed by atoms with Crippen LogP contribution in [-0.4, -0.2) is 37.2 Å². The average Bonchev–Trinajstić information content (AvgIpc) is 3.31. The van der Waals surface area contributed by atoms with E-state index in [0.29, 0.717) is 19.3 Å². The van der Waals surface area contributed by atoms with Gasteiger partial charge in [0.05, 0.1) is 0 Å². The van der Waals surface area contributed by atoms with Gasteiger partial charge in [-0.3, -0.25) is 14.4 Å². The number of ether oxygens (including phenoxy) is 3. The second kappa shape index (κ2) is 54.5.